The first kappa shape index (κ1) is 23.9. The highest BCUT2D eigenvalue weighted by Crippen LogP contribution is 2.44. The van der Waals surface area contributed by atoms with Crippen molar-refractivity contribution in [1.82, 2.24) is 19.5 Å². The summed E-state index contributed by atoms with van der Waals surface area (Å²) in [6.45, 7) is 7.82. The highest BCUT2D eigenvalue weighted by atomic mass is 31.1. The average molecular weight is 454 g/mol. The molecule has 0 aliphatic carbocycles. The van der Waals surface area contributed by atoms with Gasteiger partial charge >= 0.3 is 8.03 Å². The Morgan fingerprint density at radius 2 is 1.97 bits per heavy atom. The predicted molar refractivity (Wildman–Crippen MR) is 117 cm³/mol. The average Bonchev–Trinajstić information content (AvgIpc) is 3.34. The molecular formula is C20H33N5O5P+. The summed E-state index contributed by atoms with van der Waals surface area (Å²) in [7, 11) is -0.115. The van der Waals surface area contributed by atoms with Crippen LogP contribution in [0.1, 0.15) is 59.6 Å². The van der Waals surface area contributed by atoms with Gasteiger partial charge in [0.05, 0.1) is 12.4 Å². The summed E-state index contributed by atoms with van der Waals surface area (Å²) in [6.07, 6.45) is 1.36. The molecule has 0 spiro atoms. The van der Waals surface area contributed by atoms with Crippen molar-refractivity contribution in [3.05, 3.63) is 12.7 Å². The highest BCUT2D eigenvalue weighted by molar-refractivity contribution is 7.40. The number of aromatic nitrogens is 4. The van der Waals surface area contributed by atoms with Crippen molar-refractivity contribution in [3.63, 3.8) is 0 Å². The van der Waals surface area contributed by atoms with Gasteiger partial charge in [-0.05, 0) is 30.8 Å². The molecule has 2 aromatic heterocycles. The molecule has 1 fully saturated rings. The first-order valence-electron chi connectivity index (χ1n) is 10.8. The lowest BCUT2D eigenvalue weighted by Crippen LogP contribution is -2.39. The predicted octanol–water partition coefficient (Wildman–Crippen LogP) is 2.99. The lowest BCUT2D eigenvalue weighted by Gasteiger charge is -2.29. The van der Waals surface area contributed by atoms with Crippen LogP contribution in [0.2, 0.25) is 0 Å². The highest BCUT2D eigenvalue weighted by Gasteiger charge is 2.50. The maximum Gasteiger partial charge on any atom is 0.511 e. The van der Waals surface area contributed by atoms with Gasteiger partial charge < -0.3 is 20.3 Å². The van der Waals surface area contributed by atoms with Crippen LogP contribution in [0.4, 0.5) is 5.82 Å². The van der Waals surface area contributed by atoms with Crippen LogP contribution < -0.4 is 5.32 Å². The SMILES string of the molecule is CCC(C)[P+](=O)OC(CC)(CC)C[C@H]1OC(n2cnc3c(NC)ncnc32)[C@H](O)C1O. The van der Waals surface area contributed by atoms with Gasteiger partial charge in [0, 0.05) is 13.5 Å². The molecule has 0 bridgehead atoms. The topological polar surface area (TPSA) is 132 Å². The van der Waals surface area contributed by atoms with Gasteiger partial charge in [-0.3, -0.25) is 4.57 Å². The van der Waals surface area contributed by atoms with E-state index in [1.807, 2.05) is 27.7 Å². The van der Waals surface area contributed by atoms with Crippen LogP contribution in [0, 0.1) is 0 Å². The number of imidazole rings is 1. The maximum absolute atomic E-state index is 12.6. The van der Waals surface area contributed by atoms with E-state index >= 15 is 0 Å². The van der Waals surface area contributed by atoms with Gasteiger partial charge in [0.25, 0.3) is 0 Å². The van der Waals surface area contributed by atoms with Gasteiger partial charge in [0.15, 0.2) is 23.4 Å². The molecule has 0 amide bonds. The van der Waals surface area contributed by atoms with Crippen molar-refractivity contribution in [1.29, 1.82) is 0 Å². The van der Waals surface area contributed by atoms with Crippen LogP contribution in [-0.2, 0) is 13.8 Å². The molecule has 0 aromatic carbocycles. The Kier molecular flexibility index (Phi) is 7.59. The number of fused-ring (bicyclic) bond motifs is 1. The largest absolute Gasteiger partial charge is 0.511 e. The Morgan fingerprint density at radius 3 is 2.58 bits per heavy atom. The number of hydrogen-bond donors (Lipinski definition) is 3. The second kappa shape index (κ2) is 9.83. The molecule has 3 heterocycles. The van der Waals surface area contributed by atoms with Crippen molar-refractivity contribution < 1.29 is 24.0 Å². The monoisotopic (exact) mass is 454 g/mol. The minimum absolute atomic E-state index is 0.0569. The van der Waals surface area contributed by atoms with E-state index in [1.165, 1.54) is 12.7 Å². The summed E-state index contributed by atoms with van der Waals surface area (Å²) in [5.41, 5.74) is 0.266. The summed E-state index contributed by atoms with van der Waals surface area (Å²) in [6, 6.07) is 0. The maximum atomic E-state index is 12.6. The Hall–Kier alpha value is -1.71. The normalized spacial score (nSPS) is 25.7. The molecule has 3 N–H and O–H groups in total. The number of nitrogens with one attached hydrogen (secondary N) is 1. The van der Waals surface area contributed by atoms with Gasteiger partial charge in [-0.15, -0.1) is 4.52 Å². The van der Waals surface area contributed by atoms with E-state index in [0.29, 0.717) is 36.2 Å². The van der Waals surface area contributed by atoms with Gasteiger partial charge in [0.1, 0.15) is 29.7 Å². The second-order valence-corrected chi connectivity index (χ2v) is 9.71. The molecule has 3 rings (SSSR count). The lowest BCUT2D eigenvalue weighted by atomic mass is 9.88. The quantitative estimate of drug-likeness (QED) is 0.464. The third kappa shape index (κ3) is 4.59. The van der Waals surface area contributed by atoms with Crippen LogP contribution in [-0.4, -0.2) is 66.4 Å². The summed E-state index contributed by atoms with van der Waals surface area (Å²) in [5.74, 6) is 0.562. The third-order valence-electron chi connectivity index (χ3n) is 6.30. The van der Waals surface area contributed by atoms with Crippen LogP contribution in [0.15, 0.2) is 12.7 Å². The molecule has 0 radical (unpaired) electrons. The smallest absolute Gasteiger partial charge is 0.388 e. The summed E-state index contributed by atoms with van der Waals surface area (Å²) in [4.78, 5) is 12.7. The third-order valence-corrected chi connectivity index (χ3v) is 7.96. The fourth-order valence-electron chi connectivity index (χ4n) is 3.85. The van der Waals surface area contributed by atoms with E-state index in [2.05, 4.69) is 20.3 Å². The molecule has 10 nitrogen and oxygen atoms in total. The zero-order valence-electron chi connectivity index (χ0n) is 18.7. The van der Waals surface area contributed by atoms with Gasteiger partial charge in [-0.2, -0.15) is 0 Å². The lowest BCUT2D eigenvalue weighted by molar-refractivity contribution is -0.0674. The van der Waals surface area contributed by atoms with Crippen LogP contribution in [0.25, 0.3) is 11.2 Å². The zero-order chi connectivity index (χ0) is 22.8. The minimum Gasteiger partial charge on any atom is -0.388 e. The second-order valence-electron chi connectivity index (χ2n) is 8.07. The number of aliphatic hydroxyl groups is 2. The van der Waals surface area contributed by atoms with Crippen molar-refractivity contribution >= 4 is 25.0 Å². The van der Waals surface area contributed by atoms with E-state index in [4.69, 9.17) is 9.26 Å². The van der Waals surface area contributed by atoms with E-state index < -0.39 is 38.2 Å². The Balaban J connectivity index is 1.84. The Labute approximate surface area is 183 Å². The van der Waals surface area contributed by atoms with Crippen LogP contribution in [0.5, 0.6) is 0 Å². The molecule has 0 saturated carbocycles. The summed E-state index contributed by atoms with van der Waals surface area (Å²) in [5, 5.41) is 24.5. The number of aliphatic hydroxyl groups excluding tert-OH is 2. The van der Waals surface area contributed by atoms with Gasteiger partial charge in [-0.1, -0.05) is 20.8 Å². The standard InChI is InChI=1S/C20H33N5O5P/c1-6-12(4)31(28)30-20(7-2,8-3)9-13-15(26)16(27)19(29-13)25-11-24-14-17(21-5)22-10-23-18(14)25/h10-13,15-16,19,26-27H,6-9H2,1-5H3,(H,21,22,23)/q+1/t12?,13-,15?,16-,19?/m1/s1. The molecule has 1 saturated heterocycles. The zero-order valence-corrected chi connectivity index (χ0v) is 19.6. The van der Waals surface area contributed by atoms with Crippen molar-refractivity contribution in [2.75, 3.05) is 12.4 Å². The number of ether oxygens (including phenoxy) is 1. The Bertz CT molecular complexity index is 905. The molecule has 2 aromatic rings. The van der Waals surface area contributed by atoms with E-state index in [-0.39, 0.29) is 5.66 Å². The molecule has 1 aliphatic rings. The van der Waals surface area contributed by atoms with E-state index in [9.17, 15) is 14.8 Å². The molecular weight excluding hydrogens is 421 g/mol. The number of nitrogens with zero attached hydrogens (tertiary/aromatic N) is 4. The van der Waals surface area contributed by atoms with Crippen molar-refractivity contribution in [2.24, 2.45) is 0 Å². The van der Waals surface area contributed by atoms with Crippen molar-refractivity contribution in [2.45, 2.75) is 89.2 Å². The fraction of sp³-hybridized carbons (Fsp3) is 0.750. The first-order chi connectivity index (χ1) is 14.8. The molecule has 6 atom stereocenters. The van der Waals surface area contributed by atoms with Gasteiger partial charge in [-0.25, -0.2) is 15.0 Å². The Morgan fingerprint density at radius 1 is 1.26 bits per heavy atom. The first-order valence-corrected chi connectivity index (χ1v) is 12.1. The fourth-order valence-corrected chi connectivity index (χ4v) is 5.04. The molecule has 31 heavy (non-hydrogen) atoms. The van der Waals surface area contributed by atoms with Crippen LogP contribution >= 0.6 is 8.03 Å². The number of hydrogen-bond acceptors (Lipinski definition) is 9. The summed E-state index contributed by atoms with van der Waals surface area (Å²) < 4.78 is 26.4. The van der Waals surface area contributed by atoms with Gasteiger partial charge in [0.2, 0.25) is 0 Å². The summed E-state index contributed by atoms with van der Waals surface area (Å²) >= 11 is 0. The van der Waals surface area contributed by atoms with Crippen LogP contribution in [0.3, 0.4) is 0 Å². The number of rotatable bonds is 10. The molecule has 11 heteroatoms. The van der Waals surface area contributed by atoms with E-state index in [1.54, 1.807) is 11.6 Å². The van der Waals surface area contributed by atoms with Crippen molar-refractivity contribution in [3.8, 4) is 0 Å². The molecule has 172 valence electrons. The molecule has 4 unspecified atom stereocenters. The minimum atomic E-state index is -1.85. The molecule has 1 aliphatic heterocycles. The number of anilines is 1. The van der Waals surface area contributed by atoms with E-state index in [0.717, 1.165) is 6.42 Å².